The largest absolute Gasteiger partial charge is 0.497 e. The number of hydrogen-bond donors (Lipinski definition) is 0. The van der Waals surface area contributed by atoms with Crippen LogP contribution in [0.4, 0.5) is 0 Å². The lowest BCUT2D eigenvalue weighted by Gasteiger charge is -2.09. The summed E-state index contributed by atoms with van der Waals surface area (Å²) in [5.74, 6) is 4.57. The Bertz CT molecular complexity index is 1030. The molecule has 0 aliphatic carbocycles. The normalized spacial score (nSPS) is 10.4. The lowest BCUT2D eigenvalue weighted by molar-refractivity contribution is 0.409. The molecule has 0 N–H and O–H groups in total. The molecule has 156 valence electrons. The molecule has 0 heterocycles. The molecule has 0 amide bonds. The van der Waals surface area contributed by atoms with E-state index >= 15 is 0 Å². The third-order valence-electron chi connectivity index (χ3n) is 4.44. The fourth-order valence-corrected chi connectivity index (χ4v) is 3.71. The predicted octanol–water partition coefficient (Wildman–Crippen LogP) is 7.44. The number of ether oxygens (including phenoxy) is 4. The van der Waals surface area contributed by atoms with Crippen molar-refractivity contribution in [1.29, 1.82) is 0 Å². The van der Waals surface area contributed by atoms with Crippen LogP contribution in [0.25, 0.3) is 0 Å². The standard InChI is InChI=1S/C26H22O4S/c1-27-21-5-3-7-23(17-21)29-19-9-13-25(14-10-19)31-26-15-11-20(12-16-26)30-24-8-4-6-22(18-24)28-2/h3-18H,1-2H3. The molecule has 4 aromatic carbocycles. The summed E-state index contributed by atoms with van der Waals surface area (Å²) >= 11 is 1.68. The van der Waals surface area contributed by atoms with Gasteiger partial charge >= 0.3 is 0 Å². The third kappa shape index (κ3) is 5.74. The number of rotatable bonds is 8. The Hall–Kier alpha value is -3.57. The van der Waals surface area contributed by atoms with E-state index in [-0.39, 0.29) is 0 Å². The van der Waals surface area contributed by atoms with E-state index < -0.39 is 0 Å². The van der Waals surface area contributed by atoms with Crippen molar-refractivity contribution < 1.29 is 18.9 Å². The molecule has 0 fully saturated rings. The molecule has 0 radical (unpaired) electrons. The monoisotopic (exact) mass is 430 g/mol. The minimum Gasteiger partial charge on any atom is -0.497 e. The van der Waals surface area contributed by atoms with Gasteiger partial charge in [-0.2, -0.15) is 0 Å². The van der Waals surface area contributed by atoms with Crippen LogP contribution in [-0.2, 0) is 0 Å². The van der Waals surface area contributed by atoms with Crippen molar-refractivity contribution in [3.63, 3.8) is 0 Å². The summed E-state index contributed by atoms with van der Waals surface area (Å²) in [5.41, 5.74) is 0. The fourth-order valence-electron chi connectivity index (χ4n) is 2.89. The van der Waals surface area contributed by atoms with Gasteiger partial charge in [-0.15, -0.1) is 0 Å². The molecule has 4 nitrogen and oxygen atoms in total. The highest BCUT2D eigenvalue weighted by molar-refractivity contribution is 7.99. The van der Waals surface area contributed by atoms with Gasteiger partial charge in [-0.25, -0.2) is 0 Å². The van der Waals surface area contributed by atoms with Gasteiger partial charge in [0.05, 0.1) is 14.2 Å². The van der Waals surface area contributed by atoms with Gasteiger partial charge in [-0.3, -0.25) is 0 Å². The topological polar surface area (TPSA) is 36.9 Å². The molecule has 0 atom stereocenters. The van der Waals surface area contributed by atoms with Crippen LogP contribution in [0.3, 0.4) is 0 Å². The maximum Gasteiger partial charge on any atom is 0.131 e. The van der Waals surface area contributed by atoms with Crippen LogP contribution >= 0.6 is 11.8 Å². The van der Waals surface area contributed by atoms with Crippen molar-refractivity contribution in [2.45, 2.75) is 9.79 Å². The van der Waals surface area contributed by atoms with Gasteiger partial charge in [0.25, 0.3) is 0 Å². The average molecular weight is 431 g/mol. The highest BCUT2D eigenvalue weighted by Crippen LogP contribution is 2.33. The maximum absolute atomic E-state index is 5.90. The molecule has 0 saturated carbocycles. The van der Waals surface area contributed by atoms with Crippen molar-refractivity contribution in [3.8, 4) is 34.5 Å². The van der Waals surface area contributed by atoms with Crippen LogP contribution < -0.4 is 18.9 Å². The lowest BCUT2D eigenvalue weighted by Crippen LogP contribution is -1.87. The summed E-state index contributed by atoms with van der Waals surface area (Å²) in [7, 11) is 3.28. The second kappa shape index (κ2) is 9.96. The summed E-state index contributed by atoms with van der Waals surface area (Å²) in [5, 5.41) is 0. The van der Waals surface area contributed by atoms with E-state index in [1.165, 1.54) is 0 Å². The quantitative estimate of drug-likeness (QED) is 0.290. The van der Waals surface area contributed by atoms with Gasteiger partial charge in [-0.05, 0) is 72.8 Å². The van der Waals surface area contributed by atoms with Crippen LogP contribution in [0.2, 0.25) is 0 Å². The Balaban J connectivity index is 1.36. The highest BCUT2D eigenvalue weighted by atomic mass is 32.2. The summed E-state index contributed by atoms with van der Waals surface area (Å²) in [6.07, 6.45) is 0. The van der Waals surface area contributed by atoms with Gasteiger partial charge in [0.2, 0.25) is 0 Å². The second-order valence-corrected chi connectivity index (χ2v) is 7.75. The van der Waals surface area contributed by atoms with E-state index in [1.807, 2.05) is 97.1 Å². The molecular formula is C26H22O4S. The molecule has 0 unspecified atom stereocenters. The summed E-state index contributed by atoms with van der Waals surface area (Å²) in [6, 6.07) is 31.1. The first-order valence-electron chi connectivity index (χ1n) is 9.73. The van der Waals surface area contributed by atoms with Crippen LogP contribution in [0.1, 0.15) is 0 Å². The first kappa shape index (κ1) is 20.7. The van der Waals surface area contributed by atoms with E-state index in [1.54, 1.807) is 26.0 Å². The van der Waals surface area contributed by atoms with Crippen molar-refractivity contribution >= 4 is 11.8 Å². The maximum atomic E-state index is 5.90. The Morgan fingerprint density at radius 3 is 1.23 bits per heavy atom. The average Bonchev–Trinajstić information content (AvgIpc) is 2.82. The number of hydrogen-bond acceptors (Lipinski definition) is 5. The van der Waals surface area contributed by atoms with Gasteiger partial charge in [0.15, 0.2) is 0 Å². The van der Waals surface area contributed by atoms with E-state index in [0.717, 1.165) is 44.3 Å². The summed E-state index contributed by atoms with van der Waals surface area (Å²) < 4.78 is 22.3. The molecule has 0 saturated heterocycles. The number of methoxy groups -OCH3 is 2. The smallest absolute Gasteiger partial charge is 0.131 e. The zero-order valence-corrected chi connectivity index (χ0v) is 18.1. The van der Waals surface area contributed by atoms with Crippen LogP contribution in [0, 0.1) is 0 Å². The van der Waals surface area contributed by atoms with Crippen molar-refractivity contribution in [3.05, 3.63) is 97.1 Å². The summed E-state index contributed by atoms with van der Waals surface area (Å²) in [4.78, 5) is 2.25. The molecule has 0 bridgehead atoms. The molecule has 0 spiro atoms. The van der Waals surface area contributed by atoms with Crippen molar-refractivity contribution in [2.24, 2.45) is 0 Å². The first-order valence-corrected chi connectivity index (χ1v) is 10.6. The molecule has 4 aromatic rings. The minimum atomic E-state index is 0.742. The number of benzene rings is 4. The Morgan fingerprint density at radius 1 is 0.452 bits per heavy atom. The van der Waals surface area contributed by atoms with Crippen molar-refractivity contribution in [2.75, 3.05) is 14.2 Å². The first-order chi connectivity index (χ1) is 15.2. The Kier molecular flexibility index (Phi) is 6.65. The van der Waals surface area contributed by atoms with Crippen molar-refractivity contribution in [1.82, 2.24) is 0 Å². The van der Waals surface area contributed by atoms with Crippen LogP contribution in [-0.4, -0.2) is 14.2 Å². The van der Waals surface area contributed by atoms with E-state index in [2.05, 4.69) is 0 Å². The molecule has 5 heteroatoms. The Labute approximate surface area is 186 Å². The second-order valence-electron chi connectivity index (χ2n) is 6.61. The van der Waals surface area contributed by atoms with E-state index in [4.69, 9.17) is 18.9 Å². The lowest BCUT2D eigenvalue weighted by atomic mass is 10.3. The Morgan fingerprint density at radius 2 is 0.839 bits per heavy atom. The van der Waals surface area contributed by atoms with Gasteiger partial charge in [-0.1, -0.05) is 23.9 Å². The zero-order chi connectivity index (χ0) is 21.5. The fraction of sp³-hybridized carbons (Fsp3) is 0.0769. The van der Waals surface area contributed by atoms with Crippen LogP contribution in [0.15, 0.2) is 107 Å². The zero-order valence-electron chi connectivity index (χ0n) is 17.3. The van der Waals surface area contributed by atoms with E-state index in [0.29, 0.717) is 0 Å². The highest BCUT2D eigenvalue weighted by Gasteiger charge is 2.03. The summed E-state index contributed by atoms with van der Waals surface area (Å²) in [6.45, 7) is 0. The molecule has 4 rings (SSSR count). The third-order valence-corrected chi connectivity index (χ3v) is 5.45. The minimum absolute atomic E-state index is 0.742. The van der Waals surface area contributed by atoms with Gasteiger partial charge in [0, 0.05) is 21.9 Å². The molecule has 0 aliphatic rings. The molecule has 31 heavy (non-hydrogen) atoms. The van der Waals surface area contributed by atoms with E-state index in [9.17, 15) is 0 Å². The van der Waals surface area contributed by atoms with Gasteiger partial charge < -0.3 is 18.9 Å². The van der Waals surface area contributed by atoms with Crippen LogP contribution in [0.5, 0.6) is 34.5 Å². The predicted molar refractivity (Wildman–Crippen MR) is 123 cm³/mol. The molecular weight excluding hydrogens is 408 g/mol. The molecule has 0 aliphatic heterocycles. The van der Waals surface area contributed by atoms with Gasteiger partial charge in [0.1, 0.15) is 34.5 Å². The SMILES string of the molecule is COc1cccc(Oc2ccc(Sc3ccc(Oc4cccc(OC)c4)cc3)cc2)c1. The molecule has 0 aromatic heterocycles.